The molecule has 13 heavy (non-hydrogen) atoms. The Morgan fingerprint density at radius 3 is 2.31 bits per heavy atom. The van der Waals surface area contributed by atoms with Crippen molar-refractivity contribution < 1.29 is 5.21 Å². The molecule has 0 heterocycles. The van der Waals surface area contributed by atoms with Gasteiger partial charge in [0.1, 0.15) is 0 Å². The summed E-state index contributed by atoms with van der Waals surface area (Å²) in [5, 5.41) is 17.8. The minimum atomic E-state index is 0.0654. The lowest BCUT2D eigenvalue weighted by molar-refractivity contribution is -0.0681. The smallest absolute Gasteiger partial charge is 0.0540 e. The van der Waals surface area contributed by atoms with Gasteiger partial charge in [-0.2, -0.15) is 0 Å². The van der Waals surface area contributed by atoms with Gasteiger partial charge in [-0.05, 0) is 31.6 Å². The lowest BCUT2D eigenvalue weighted by atomic mass is 10.1. The van der Waals surface area contributed by atoms with Crippen LogP contribution in [0.5, 0.6) is 0 Å². The summed E-state index contributed by atoms with van der Waals surface area (Å²) in [7, 11) is 0. The van der Waals surface area contributed by atoms with Gasteiger partial charge in [-0.15, -0.1) is 0 Å². The molecule has 0 amide bonds. The fourth-order valence-electron chi connectivity index (χ4n) is 0.871. The van der Waals surface area contributed by atoms with Gasteiger partial charge in [-0.1, -0.05) is 12.2 Å². The van der Waals surface area contributed by atoms with Gasteiger partial charge in [0.2, 0.25) is 0 Å². The van der Waals surface area contributed by atoms with Gasteiger partial charge in [0.15, 0.2) is 0 Å². The van der Waals surface area contributed by atoms with Gasteiger partial charge < -0.3 is 5.41 Å². The number of hydrogen-bond donors (Lipinski definition) is 2. The molecule has 0 aliphatic heterocycles. The molecule has 0 aromatic heterocycles. The number of nitrogens with one attached hydrogen (secondary N) is 1. The molecule has 2 N–H and O–H groups in total. The average molecular weight is 178 g/mol. The summed E-state index contributed by atoms with van der Waals surface area (Å²) in [6.45, 7) is 3.80. The molecule has 0 aromatic rings. The molecule has 0 atom stereocenters. The average Bonchev–Trinajstić information content (AvgIpc) is 2.08. The molecule has 1 rings (SSSR count). The Hall–Kier alpha value is -1.35. The maximum Gasteiger partial charge on any atom is 0.0540 e. The Morgan fingerprint density at radius 1 is 1.31 bits per heavy atom. The Kier molecular flexibility index (Phi) is 3.03. The maximum absolute atomic E-state index is 9.38. The van der Waals surface area contributed by atoms with Crippen molar-refractivity contribution in [2.75, 3.05) is 0 Å². The minimum absolute atomic E-state index is 0.0654. The van der Waals surface area contributed by atoms with Crippen LogP contribution in [0.3, 0.4) is 0 Å². The van der Waals surface area contributed by atoms with Crippen LogP contribution in [-0.2, 0) is 0 Å². The summed E-state index contributed by atoms with van der Waals surface area (Å²) >= 11 is 0. The summed E-state index contributed by atoms with van der Waals surface area (Å²) < 4.78 is 0. The third-order valence-electron chi connectivity index (χ3n) is 1.72. The van der Waals surface area contributed by atoms with E-state index in [0.29, 0.717) is 5.71 Å². The molecule has 3 nitrogen and oxygen atoms in total. The lowest BCUT2D eigenvalue weighted by Gasteiger charge is -2.17. The van der Waals surface area contributed by atoms with Gasteiger partial charge in [0.25, 0.3) is 0 Å². The van der Waals surface area contributed by atoms with Crippen molar-refractivity contribution in [3.8, 4) is 0 Å². The van der Waals surface area contributed by atoms with Crippen LogP contribution in [0.4, 0.5) is 0 Å². The van der Waals surface area contributed by atoms with Crippen LogP contribution in [0.15, 0.2) is 36.1 Å². The van der Waals surface area contributed by atoms with Gasteiger partial charge in [0, 0.05) is 6.20 Å². The number of hydrogen-bond acceptors (Lipinski definition) is 3. The zero-order valence-electron chi connectivity index (χ0n) is 7.86. The van der Waals surface area contributed by atoms with E-state index < -0.39 is 0 Å². The Balaban J connectivity index is 2.69. The van der Waals surface area contributed by atoms with Gasteiger partial charge in [-0.25, -0.2) is 0 Å². The van der Waals surface area contributed by atoms with Crippen molar-refractivity contribution >= 4 is 5.71 Å². The number of allylic oxidation sites excluding steroid dienone is 5. The zero-order chi connectivity index (χ0) is 9.84. The summed E-state index contributed by atoms with van der Waals surface area (Å²) in [5.41, 5.74) is 1.37. The van der Waals surface area contributed by atoms with Crippen molar-refractivity contribution in [3.63, 3.8) is 0 Å². The van der Waals surface area contributed by atoms with Crippen LogP contribution >= 0.6 is 0 Å². The molecule has 0 radical (unpaired) electrons. The first-order chi connectivity index (χ1) is 6.09. The molecular formula is C10H14N2O. The van der Waals surface area contributed by atoms with Crippen LogP contribution < -0.4 is 0 Å². The van der Waals surface area contributed by atoms with Crippen LogP contribution in [0.2, 0.25) is 0 Å². The first-order valence-corrected chi connectivity index (χ1v) is 4.23. The predicted molar refractivity (Wildman–Crippen MR) is 52.9 cm³/mol. The topological polar surface area (TPSA) is 47.3 Å². The van der Waals surface area contributed by atoms with Crippen molar-refractivity contribution in [1.29, 1.82) is 5.41 Å². The number of hydroxylamine groups is 2. The van der Waals surface area contributed by atoms with E-state index in [1.807, 2.05) is 13.8 Å². The molecule has 0 unspecified atom stereocenters. The minimum Gasteiger partial charge on any atom is -0.301 e. The number of nitrogens with zero attached hydrogens (tertiary/aromatic N) is 1. The molecule has 0 saturated heterocycles. The second-order valence-electron chi connectivity index (χ2n) is 3.22. The molecule has 1 aliphatic carbocycles. The van der Waals surface area contributed by atoms with E-state index in [9.17, 15) is 5.21 Å². The van der Waals surface area contributed by atoms with Gasteiger partial charge in [0.05, 0.1) is 11.8 Å². The zero-order valence-corrected chi connectivity index (χ0v) is 7.86. The van der Waals surface area contributed by atoms with Crippen molar-refractivity contribution in [3.05, 3.63) is 36.1 Å². The van der Waals surface area contributed by atoms with E-state index in [1.54, 1.807) is 30.5 Å². The molecule has 0 bridgehead atoms. The summed E-state index contributed by atoms with van der Waals surface area (Å²) in [6.07, 6.45) is 8.63. The van der Waals surface area contributed by atoms with E-state index in [1.165, 1.54) is 0 Å². The molecule has 0 spiro atoms. The van der Waals surface area contributed by atoms with Gasteiger partial charge in [-0.3, -0.25) is 10.3 Å². The Morgan fingerprint density at radius 2 is 1.85 bits per heavy atom. The van der Waals surface area contributed by atoms with E-state index >= 15 is 0 Å². The standard InChI is InChI=1S/C10H14N2O/c1-8(2)12(13)7-9-3-5-10(11)6-4-9/h3-8,11,13H,1-2H3. The lowest BCUT2D eigenvalue weighted by Crippen LogP contribution is -2.21. The first-order valence-electron chi connectivity index (χ1n) is 4.23. The fraction of sp³-hybridized carbons (Fsp3) is 0.300. The SMILES string of the molecule is CC(C)N(O)C=C1C=CC(=N)C=C1. The van der Waals surface area contributed by atoms with Crippen molar-refractivity contribution in [2.45, 2.75) is 19.9 Å². The molecule has 1 aliphatic rings. The van der Waals surface area contributed by atoms with Crippen LogP contribution in [0.25, 0.3) is 0 Å². The fourth-order valence-corrected chi connectivity index (χ4v) is 0.871. The predicted octanol–water partition coefficient (Wildman–Crippen LogP) is 2.12. The highest BCUT2D eigenvalue weighted by Crippen LogP contribution is 2.08. The van der Waals surface area contributed by atoms with Crippen molar-refractivity contribution in [1.82, 2.24) is 5.06 Å². The molecular weight excluding hydrogens is 164 g/mol. The monoisotopic (exact) mass is 178 g/mol. The first kappa shape index (κ1) is 9.74. The molecule has 70 valence electrons. The second kappa shape index (κ2) is 4.05. The number of rotatable bonds is 2. The van der Waals surface area contributed by atoms with Crippen LogP contribution in [-0.4, -0.2) is 22.0 Å². The van der Waals surface area contributed by atoms with Crippen LogP contribution in [0.1, 0.15) is 13.8 Å². The quantitative estimate of drug-likeness (QED) is 0.636. The van der Waals surface area contributed by atoms with E-state index in [0.717, 1.165) is 10.6 Å². The normalized spacial score (nSPS) is 15.4. The molecule has 0 saturated carbocycles. The third-order valence-corrected chi connectivity index (χ3v) is 1.72. The largest absolute Gasteiger partial charge is 0.301 e. The maximum atomic E-state index is 9.38. The highest BCUT2D eigenvalue weighted by Gasteiger charge is 2.01. The highest BCUT2D eigenvalue weighted by atomic mass is 16.5. The molecule has 3 heteroatoms. The summed E-state index contributed by atoms with van der Waals surface area (Å²) in [4.78, 5) is 0. The van der Waals surface area contributed by atoms with Gasteiger partial charge >= 0.3 is 0 Å². The van der Waals surface area contributed by atoms with E-state index in [-0.39, 0.29) is 6.04 Å². The Bertz CT molecular complexity index is 269. The summed E-state index contributed by atoms with van der Waals surface area (Å²) in [6, 6.07) is 0.0654. The van der Waals surface area contributed by atoms with Crippen molar-refractivity contribution in [2.24, 2.45) is 0 Å². The molecule has 0 fully saturated rings. The van der Waals surface area contributed by atoms with E-state index in [4.69, 9.17) is 5.41 Å². The second-order valence-corrected chi connectivity index (χ2v) is 3.22. The Labute approximate surface area is 78.1 Å². The highest BCUT2D eigenvalue weighted by molar-refractivity contribution is 6.03. The van der Waals surface area contributed by atoms with E-state index in [2.05, 4.69) is 0 Å². The summed E-state index contributed by atoms with van der Waals surface area (Å²) in [5.74, 6) is 0. The molecule has 0 aromatic carbocycles. The van der Waals surface area contributed by atoms with Crippen LogP contribution in [0, 0.1) is 5.41 Å². The third kappa shape index (κ3) is 2.87.